The van der Waals surface area contributed by atoms with Gasteiger partial charge in [-0.05, 0) is 18.8 Å². The van der Waals surface area contributed by atoms with Gasteiger partial charge >= 0.3 is 18.1 Å². The van der Waals surface area contributed by atoms with Crippen LogP contribution in [0.15, 0.2) is 0 Å². The minimum absolute atomic E-state index is 0.0577. The molecule has 194 valence electrons. The van der Waals surface area contributed by atoms with Crippen LogP contribution in [-0.4, -0.2) is 110 Å². The zero-order valence-electron chi connectivity index (χ0n) is 18.8. The molecule has 33 heavy (non-hydrogen) atoms. The second-order valence-electron chi connectivity index (χ2n) is 8.22. The molecule has 1 heterocycles. The van der Waals surface area contributed by atoms with Crippen LogP contribution in [0.5, 0.6) is 0 Å². The van der Waals surface area contributed by atoms with E-state index in [1.54, 1.807) is 0 Å². The summed E-state index contributed by atoms with van der Waals surface area (Å²) >= 11 is 0. The van der Waals surface area contributed by atoms with Crippen LogP contribution in [-0.2, 0) is 29.1 Å². The third-order valence-electron chi connectivity index (χ3n) is 5.43. The Labute approximate surface area is 191 Å². The van der Waals surface area contributed by atoms with E-state index in [0.29, 0.717) is 31.8 Å². The first kappa shape index (κ1) is 29.6. The second-order valence-corrected chi connectivity index (χ2v) is 10.2. The molecule has 0 amide bonds. The predicted molar refractivity (Wildman–Crippen MR) is 111 cm³/mol. The van der Waals surface area contributed by atoms with Gasteiger partial charge < -0.3 is 19.7 Å². The number of carboxylic acid groups (broad SMARTS) is 2. The highest BCUT2D eigenvalue weighted by molar-refractivity contribution is 7.88. The highest BCUT2D eigenvalue weighted by atomic mass is 32.2. The number of nitrogens with zero attached hydrogens (tertiary/aromatic N) is 2. The number of hydrogen-bond donors (Lipinski definition) is 2. The van der Waals surface area contributed by atoms with Crippen LogP contribution >= 0.6 is 0 Å². The fraction of sp³-hybridized carbons (Fsp3) is 0.895. The SMILES string of the molecule is CC1CCCCC1OCCN1CCOC(CN(CC(=O)O)S(C)(=O)=O)C1.O=C(O)C(F)(F)F. The number of hydrogen-bond acceptors (Lipinski definition) is 7. The predicted octanol–water partition coefficient (Wildman–Crippen LogP) is 1.26. The molecule has 2 fully saturated rings. The summed E-state index contributed by atoms with van der Waals surface area (Å²) in [5.41, 5.74) is 0. The maximum Gasteiger partial charge on any atom is 0.490 e. The van der Waals surface area contributed by atoms with Crippen molar-refractivity contribution in [1.82, 2.24) is 9.21 Å². The average Bonchev–Trinajstić information content (AvgIpc) is 2.68. The van der Waals surface area contributed by atoms with Crippen molar-refractivity contribution in [1.29, 1.82) is 0 Å². The zero-order chi connectivity index (χ0) is 25.2. The van der Waals surface area contributed by atoms with Crippen LogP contribution in [0.25, 0.3) is 0 Å². The van der Waals surface area contributed by atoms with Crippen molar-refractivity contribution in [2.75, 3.05) is 52.2 Å². The molecule has 3 unspecified atom stereocenters. The lowest BCUT2D eigenvalue weighted by molar-refractivity contribution is -0.192. The molecule has 0 aromatic rings. The number of morpholine rings is 1. The van der Waals surface area contributed by atoms with Gasteiger partial charge in [-0.2, -0.15) is 17.5 Å². The van der Waals surface area contributed by atoms with E-state index in [4.69, 9.17) is 24.5 Å². The van der Waals surface area contributed by atoms with Gasteiger partial charge in [-0.25, -0.2) is 13.2 Å². The van der Waals surface area contributed by atoms with Crippen molar-refractivity contribution in [2.24, 2.45) is 5.92 Å². The normalized spacial score (nSPS) is 24.7. The van der Waals surface area contributed by atoms with Gasteiger partial charge in [0.2, 0.25) is 10.0 Å². The summed E-state index contributed by atoms with van der Waals surface area (Å²) < 4.78 is 67.9. The highest BCUT2D eigenvalue weighted by Crippen LogP contribution is 2.26. The molecule has 10 nitrogen and oxygen atoms in total. The van der Waals surface area contributed by atoms with Gasteiger partial charge in [-0.15, -0.1) is 0 Å². The Balaban J connectivity index is 0.000000675. The summed E-state index contributed by atoms with van der Waals surface area (Å²) in [5, 5.41) is 16.0. The fourth-order valence-corrected chi connectivity index (χ4v) is 4.43. The molecule has 2 rings (SSSR count). The lowest BCUT2D eigenvalue weighted by atomic mass is 9.88. The molecular formula is C19H33F3N2O8S. The Kier molecular flexibility index (Phi) is 12.0. The van der Waals surface area contributed by atoms with Crippen molar-refractivity contribution in [3.8, 4) is 0 Å². The number of carbonyl (C=O) groups is 2. The van der Waals surface area contributed by atoms with Gasteiger partial charge in [-0.3, -0.25) is 9.69 Å². The summed E-state index contributed by atoms with van der Waals surface area (Å²) in [5.74, 6) is -3.31. The zero-order valence-corrected chi connectivity index (χ0v) is 19.6. The van der Waals surface area contributed by atoms with Crippen molar-refractivity contribution in [3.63, 3.8) is 0 Å². The van der Waals surface area contributed by atoms with Crippen molar-refractivity contribution in [2.45, 2.75) is 51.0 Å². The molecule has 14 heteroatoms. The molecule has 3 atom stereocenters. The quantitative estimate of drug-likeness (QED) is 0.474. The van der Waals surface area contributed by atoms with Crippen LogP contribution in [0.2, 0.25) is 0 Å². The van der Waals surface area contributed by atoms with Gasteiger partial charge in [0.1, 0.15) is 6.54 Å². The molecule has 0 spiro atoms. The number of carboxylic acids is 2. The van der Waals surface area contributed by atoms with E-state index in [-0.39, 0.29) is 12.6 Å². The van der Waals surface area contributed by atoms with E-state index in [2.05, 4.69) is 11.8 Å². The van der Waals surface area contributed by atoms with E-state index in [1.165, 1.54) is 19.3 Å². The smallest absolute Gasteiger partial charge is 0.480 e. The lowest BCUT2D eigenvalue weighted by Crippen LogP contribution is -2.50. The van der Waals surface area contributed by atoms with E-state index in [9.17, 15) is 26.4 Å². The summed E-state index contributed by atoms with van der Waals surface area (Å²) in [4.78, 5) is 22.0. The van der Waals surface area contributed by atoms with E-state index in [1.807, 2.05) is 0 Å². The Morgan fingerprint density at radius 2 is 1.82 bits per heavy atom. The number of halogens is 3. The first-order valence-electron chi connectivity index (χ1n) is 10.6. The van der Waals surface area contributed by atoms with Gasteiger partial charge in [-0.1, -0.05) is 19.8 Å². The van der Waals surface area contributed by atoms with Gasteiger partial charge in [0.05, 0.1) is 31.7 Å². The summed E-state index contributed by atoms with van der Waals surface area (Å²) in [6.45, 7) is 5.07. The third kappa shape index (κ3) is 12.0. The molecule has 1 saturated heterocycles. The van der Waals surface area contributed by atoms with Crippen LogP contribution in [0.1, 0.15) is 32.6 Å². The fourth-order valence-electron chi connectivity index (χ4n) is 3.65. The maximum absolute atomic E-state index is 11.8. The topological polar surface area (TPSA) is 134 Å². The summed E-state index contributed by atoms with van der Waals surface area (Å²) in [7, 11) is -3.59. The number of aliphatic carboxylic acids is 2. The summed E-state index contributed by atoms with van der Waals surface area (Å²) in [6, 6.07) is 0. The van der Waals surface area contributed by atoms with Crippen LogP contribution in [0.4, 0.5) is 13.2 Å². The molecule has 2 N–H and O–H groups in total. The maximum atomic E-state index is 11.8. The number of ether oxygens (including phenoxy) is 2. The van der Waals surface area contributed by atoms with Crippen molar-refractivity contribution in [3.05, 3.63) is 0 Å². The Morgan fingerprint density at radius 3 is 2.33 bits per heavy atom. The lowest BCUT2D eigenvalue weighted by Gasteiger charge is -2.35. The van der Waals surface area contributed by atoms with Gasteiger partial charge in [0.15, 0.2) is 0 Å². The summed E-state index contributed by atoms with van der Waals surface area (Å²) in [6.07, 6.45) is 0.846. The van der Waals surface area contributed by atoms with Gasteiger partial charge in [0.25, 0.3) is 0 Å². The van der Waals surface area contributed by atoms with Crippen LogP contribution in [0.3, 0.4) is 0 Å². The molecule has 0 bridgehead atoms. The highest BCUT2D eigenvalue weighted by Gasteiger charge is 2.38. The molecule has 1 aliphatic carbocycles. The Morgan fingerprint density at radius 1 is 1.21 bits per heavy atom. The average molecular weight is 507 g/mol. The Bertz CT molecular complexity index is 735. The number of alkyl halides is 3. The molecule has 2 aliphatic rings. The first-order valence-corrected chi connectivity index (χ1v) is 12.5. The monoisotopic (exact) mass is 506 g/mol. The molecule has 1 aliphatic heterocycles. The minimum atomic E-state index is -5.08. The van der Waals surface area contributed by atoms with E-state index < -0.39 is 34.7 Å². The van der Waals surface area contributed by atoms with Crippen molar-refractivity contribution < 1.29 is 50.9 Å². The van der Waals surface area contributed by atoms with E-state index in [0.717, 1.165) is 30.1 Å². The molecule has 0 radical (unpaired) electrons. The molecule has 1 saturated carbocycles. The number of sulfonamides is 1. The molecule has 0 aromatic carbocycles. The van der Waals surface area contributed by atoms with E-state index >= 15 is 0 Å². The van der Waals surface area contributed by atoms with Crippen LogP contribution < -0.4 is 0 Å². The Hall–Kier alpha value is -1.48. The van der Waals surface area contributed by atoms with Crippen molar-refractivity contribution >= 4 is 22.0 Å². The van der Waals surface area contributed by atoms with Crippen LogP contribution in [0, 0.1) is 5.92 Å². The van der Waals surface area contributed by atoms with Gasteiger partial charge in [0, 0.05) is 26.2 Å². The molecular weight excluding hydrogens is 473 g/mol. The molecule has 0 aromatic heterocycles. The second kappa shape index (κ2) is 13.4. The number of rotatable bonds is 9. The standard InChI is InChI=1S/C17H32N2O6S.C2HF3O2/c1-14-5-3-4-6-16(14)25-10-8-18-7-9-24-15(11-18)12-19(13-17(20)21)26(2,22)23;3-2(4,5)1(6)7/h14-16H,3-13H2,1-2H3,(H,20,21);(H,6,7). The first-order chi connectivity index (χ1) is 15.2. The largest absolute Gasteiger partial charge is 0.490 e. The third-order valence-corrected chi connectivity index (χ3v) is 6.64. The minimum Gasteiger partial charge on any atom is -0.480 e.